The molecule has 4 N–H and O–H groups in total. The Balaban J connectivity index is 1.86. The number of aliphatic imine (C=N–C) groups is 1. The minimum Gasteiger partial charge on any atom is -0.366 e. The van der Waals surface area contributed by atoms with E-state index in [9.17, 15) is 22.8 Å². The molecular formula is C29H31F3N6O2. The average molecular weight is 553 g/mol. The summed E-state index contributed by atoms with van der Waals surface area (Å²) in [4.78, 5) is 30.7. The van der Waals surface area contributed by atoms with E-state index in [1.807, 2.05) is 24.3 Å². The second-order valence-corrected chi connectivity index (χ2v) is 10.3. The van der Waals surface area contributed by atoms with Crippen molar-refractivity contribution in [2.75, 3.05) is 4.90 Å². The first-order valence-corrected chi connectivity index (χ1v) is 12.4. The summed E-state index contributed by atoms with van der Waals surface area (Å²) >= 11 is 0. The molecule has 0 heterocycles. The number of nitrogens with zero attached hydrogens (tertiary/aromatic N) is 3. The molecular weight excluding hydrogens is 521 g/mol. The van der Waals surface area contributed by atoms with E-state index < -0.39 is 35.7 Å². The quantitative estimate of drug-likeness (QED) is 0.174. The van der Waals surface area contributed by atoms with Crippen molar-refractivity contribution in [1.82, 2.24) is 5.32 Å². The third-order valence-electron chi connectivity index (χ3n) is 6.24. The number of nitrogens with two attached hydrogens (primary N) is 1. The lowest BCUT2D eigenvalue weighted by Crippen LogP contribution is -2.40. The maximum atomic E-state index is 13.5. The third-order valence-corrected chi connectivity index (χ3v) is 6.24. The molecule has 1 unspecified atom stereocenters. The lowest BCUT2D eigenvalue weighted by Gasteiger charge is -2.27. The molecule has 0 radical (unpaired) electrons. The van der Waals surface area contributed by atoms with Gasteiger partial charge < -0.3 is 11.1 Å². The predicted octanol–water partition coefficient (Wildman–Crippen LogP) is 6.97. The molecule has 3 aromatic rings. The first-order chi connectivity index (χ1) is 18.7. The minimum absolute atomic E-state index is 0.0931. The van der Waals surface area contributed by atoms with Gasteiger partial charge in [-0.25, -0.2) is 10.3 Å². The van der Waals surface area contributed by atoms with E-state index >= 15 is 0 Å². The molecule has 11 heteroatoms. The predicted molar refractivity (Wildman–Crippen MR) is 147 cm³/mol. The van der Waals surface area contributed by atoms with Crippen molar-refractivity contribution in [2.45, 2.75) is 51.9 Å². The molecule has 0 spiro atoms. The number of rotatable bonds is 6. The van der Waals surface area contributed by atoms with Gasteiger partial charge in [-0.05, 0) is 65.4 Å². The largest absolute Gasteiger partial charge is 0.416 e. The Bertz CT molecular complexity index is 1380. The molecule has 0 fully saturated rings. The van der Waals surface area contributed by atoms with Gasteiger partial charge >= 0.3 is 12.2 Å². The van der Waals surface area contributed by atoms with Gasteiger partial charge in [0.25, 0.3) is 5.91 Å². The van der Waals surface area contributed by atoms with E-state index in [1.54, 1.807) is 19.1 Å². The monoisotopic (exact) mass is 552 g/mol. The van der Waals surface area contributed by atoms with Gasteiger partial charge in [0, 0.05) is 11.3 Å². The van der Waals surface area contributed by atoms with Crippen LogP contribution < -0.4 is 16.0 Å². The summed E-state index contributed by atoms with van der Waals surface area (Å²) in [6.07, 6.45) is -4.45. The van der Waals surface area contributed by atoms with Gasteiger partial charge in [-0.15, -0.1) is 5.11 Å². The van der Waals surface area contributed by atoms with Crippen LogP contribution in [0, 0.1) is 5.53 Å². The first kappa shape index (κ1) is 30.0. The van der Waals surface area contributed by atoms with Crippen molar-refractivity contribution in [2.24, 2.45) is 15.8 Å². The molecule has 3 aromatic carbocycles. The number of halogens is 3. The number of benzene rings is 3. The van der Waals surface area contributed by atoms with Gasteiger partial charge in [-0.1, -0.05) is 57.2 Å². The zero-order valence-electron chi connectivity index (χ0n) is 22.6. The highest BCUT2D eigenvalue weighted by Crippen LogP contribution is 2.30. The Morgan fingerprint density at radius 3 is 1.98 bits per heavy atom. The van der Waals surface area contributed by atoms with Crippen LogP contribution in [0.4, 0.5) is 23.7 Å². The van der Waals surface area contributed by atoms with Crippen LogP contribution >= 0.6 is 0 Å². The number of nitrogens with one attached hydrogen (secondary N) is 2. The van der Waals surface area contributed by atoms with Crippen LogP contribution in [0.5, 0.6) is 0 Å². The fraction of sp³-hybridized carbons (Fsp3) is 0.276. The van der Waals surface area contributed by atoms with Crippen molar-refractivity contribution in [1.29, 1.82) is 5.53 Å². The number of amides is 3. The second-order valence-electron chi connectivity index (χ2n) is 10.3. The maximum Gasteiger partial charge on any atom is 0.416 e. The van der Waals surface area contributed by atoms with Gasteiger partial charge in [0.15, 0.2) is 0 Å². The Kier molecular flexibility index (Phi) is 9.08. The summed E-state index contributed by atoms with van der Waals surface area (Å²) in [5, 5.41) is 5.77. The van der Waals surface area contributed by atoms with Gasteiger partial charge in [-0.3, -0.25) is 9.69 Å². The molecule has 0 saturated heterocycles. The maximum absolute atomic E-state index is 13.5. The van der Waals surface area contributed by atoms with Crippen molar-refractivity contribution < 1.29 is 22.8 Å². The number of carbonyl (C=O) groups is 2. The number of anilines is 1. The second kappa shape index (κ2) is 12.1. The van der Waals surface area contributed by atoms with E-state index in [-0.39, 0.29) is 17.5 Å². The van der Waals surface area contributed by atoms with E-state index in [1.165, 1.54) is 29.2 Å². The number of guanidine groups is 1. The Morgan fingerprint density at radius 1 is 0.925 bits per heavy atom. The lowest BCUT2D eigenvalue weighted by atomic mass is 9.87. The molecule has 0 saturated carbocycles. The fourth-order valence-electron chi connectivity index (χ4n) is 3.86. The van der Waals surface area contributed by atoms with Crippen LogP contribution in [0.25, 0.3) is 0 Å². The smallest absolute Gasteiger partial charge is 0.366 e. The summed E-state index contributed by atoms with van der Waals surface area (Å²) in [7, 11) is 0. The normalized spacial score (nSPS) is 12.9. The number of hydrogen-bond donors (Lipinski definition) is 3. The van der Waals surface area contributed by atoms with Gasteiger partial charge in [-0.2, -0.15) is 18.2 Å². The lowest BCUT2D eigenvalue weighted by molar-refractivity contribution is -0.137. The van der Waals surface area contributed by atoms with Crippen LogP contribution in [0.3, 0.4) is 0 Å². The summed E-state index contributed by atoms with van der Waals surface area (Å²) < 4.78 is 38.9. The van der Waals surface area contributed by atoms with Gasteiger partial charge in [0.2, 0.25) is 5.96 Å². The zero-order chi connectivity index (χ0) is 29.7. The Hall–Kier alpha value is -4.54. The van der Waals surface area contributed by atoms with Gasteiger partial charge in [0.1, 0.15) is 0 Å². The van der Waals surface area contributed by atoms with E-state index in [4.69, 9.17) is 11.3 Å². The molecule has 0 aliphatic heterocycles. The first-order valence-electron chi connectivity index (χ1n) is 12.4. The van der Waals surface area contributed by atoms with Crippen LogP contribution in [0.2, 0.25) is 0 Å². The van der Waals surface area contributed by atoms with Crippen LogP contribution in [-0.4, -0.2) is 17.9 Å². The summed E-state index contributed by atoms with van der Waals surface area (Å²) in [6, 6.07) is 17.6. The minimum atomic E-state index is -4.45. The number of hydrogen-bond acceptors (Lipinski definition) is 3. The topological polar surface area (TPSA) is 124 Å². The molecule has 1 atom stereocenters. The molecule has 3 amide bonds. The molecule has 0 aliphatic rings. The van der Waals surface area contributed by atoms with Crippen LogP contribution in [0.1, 0.15) is 66.3 Å². The number of carbonyl (C=O) groups excluding carboxylic acids is 2. The molecule has 8 nitrogen and oxygen atoms in total. The summed E-state index contributed by atoms with van der Waals surface area (Å²) in [6.45, 7) is 8.07. The van der Waals surface area contributed by atoms with Crippen molar-refractivity contribution in [3.63, 3.8) is 0 Å². The van der Waals surface area contributed by atoms with E-state index in [0.717, 1.165) is 17.7 Å². The standard InChI is InChI=1S/C29H31F3N6O2/c1-18(20-9-11-23(12-10-20)29(30,31)32)35-27(40)38(24-15-13-22(14-16-24)28(2,3)4)17-19-5-7-21(8-6-19)25(39)36-26(33)37-34/h5-16,18,34H,17H2,1-4H3,(H,35,40)(H2,33,36,39). The summed E-state index contributed by atoms with van der Waals surface area (Å²) in [5.41, 5.74) is 14.4. The highest BCUT2D eigenvalue weighted by molar-refractivity contribution is 6.02. The molecule has 40 heavy (non-hydrogen) atoms. The molecule has 210 valence electrons. The van der Waals surface area contributed by atoms with Crippen LogP contribution in [0.15, 0.2) is 82.9 Å². The highest BCUT2D eigenvalue weighted by atomic mass is 19.4. The average Bonchev–Trinajstić information content (AvgIpc) is 2.91. The van der Waals surface area contributed by atoms with Gasteiger partial charge in [0.05, 0.1) is 18.2 Å². The zero-order valence-corrected chi connectivity index (χ0v) is 22.6. The summed E-state index contributed by atoms with van der Waals surface area (Å²) in [5.74, 6) is -1.12. The number of alkyl halides is 3. The SMILES string of the molecule is CC(NC(=O)N(Cc1ccc(C(=O)N=C(N)N=N)cc1)c1ccc(C(C)(C)C)cc1)c1ccc(C(F)(F)F)cc1. The van der Waals surface area contributed by atoms with Crippen molar-refractivity contribution in [3.8, 4) is 0 Å². The van der Waals surface area contributed by atoms with Crippen LogP contribution in [-0.2, 0) is 18.1 Å². The van der Waals surface area contributed by atoms with E-state index in [0.29, 0.717) is 16.8 Å². The van der Waals surface area contributed by atoms with E-state index in [2.05, 4.69) is 36.2 Å². The Labute approximate surface area is 230 Å². The number of urea groups is 1. The molecule has 0 aliphatic carbocycles. The van der Waals surface area contributed by atoms with Crippen molar-refractivity contribution in [3.05, 3.63) is 101 Å². The Morgan fingerprint density at radius 2 is 1.48 bits per heavy atom. The molecule has 0 bridgehead atoms. The molecule has 0 aromatic heterocycles. The highest BCUT2D eigenvalue weighted by Gasteiger charge is 2.30. The third kappa shape index (κ3) is 7.75. The van der Waals surface area contributed by atoms with Crippen molar-refractivity contribution >= 4 is 23.6 Å². The fourth-order valence-corrected chi connectivity index (χ4v) is 3.86. The molecule has 3 rings (SSSR count).